The Morgan fingerprint density at radius 2 is 1.96 bits per heavy atom. The number of carbonyl (C=O) groups is 1. The maximum Gasteiger partial charge on any atom is 0.303 e. The monoisotopic (exact) mass is 467 g/mol. The van der Waals surface area contributed by atoms with Crippen molar-refractivity contribution in [3.63, 3.8) is 0 Å². The van der Waals surface area contributed by atoms with E-state index in [9.17, 15) is 20.1 Å². The first kappa shape index (κ1) is 24.2. The predicted octanol–water partition coefficient (Wildman–Crippen LogP) is 2.26. The third kappa shape index (κ3) is 9.05. The van der Waals surface area contributed by atoms with Crippen LogP contribution in [0.25, 0.3) is 0 Å². The Kier molecular flexibility index (Phi) is 13.5. The maximum atomic E-state index is 10.4. The van der Waals surface area contributed by atoms with Crippen molar-refractivity contribution >= 4 is 5.97 Å². The smallest absolute Gasteiger partial charge is 0.303 e. The van der Waals surface area contributed by atoms with Gasteiger partial charge in [0.05, 0.1) is 18.3 Å². The summed E-state index contributed by atoms with van der Waals surface area (Å²) in [5, 5.41) is 38.5. The van der Waals surface area contributed by atoms with Gasteiger partial charge in [0, 0.05) is 60.1 Å². The Morgan fingerprint density at radius 1 is 1.25 bits per heavy atom. The zero-order valence-corrected chi connectivity index (χ0v) is 18.1. The molecule has 1 radical (unpaired) electrons. The van der Waals surface area contributed by atoms with Crippen molar-refractivity contribution in [2.75, 3.05) is 0 Å². The van der Waals surface area contributed by atoms with Crippen molar-refractivity contribution in [3.8, 4) is 0 Å². The molecule has 0 aliphatic heterocycles. The molecule has 1 aliphatic rings. The molecule has 0 bridgehead atoms. The summed E-state index contributed by atoms with van der Waals surface area (Å²) < 4.78 is 0. The number of carboxylic acids is 1. The molecule has 0 aromatic heterocycles. The molecule has 0 spiro atoms. The van der Waals surface area contributed by atoms with E-state index in [0.717, 1.165) is 6.42 Å². The van der Waals surface area contributed by atoms with Gasteiger partial charge in [0.1, 0.15) is 0 Å². The van der Waals surface area contributed by atoms with Crippen molar-refractivity contribution in [2.24, 2.45) is 11.8 Å². The van der Waals surface area contributed by atoms with Crippen LogP contribution < -0.4 is 0 Å². The van der Waals surface area contributed by atoms with Crippen molar-refractivity contribution in [1.29, 1.82) is 0 Å². The first-order valence-electron chi connectivity index (χ1n) is 8.55. The number of unbranched alkanes of at least 4 members (excludes halogenated alkanes) is 1. The average Bonchev–Trinajstić information content (AvgIpc) is 2.74. The largest absolute Gasteiger partial charge is 0.481 e. The molecular formula is C18H30O5Pr. The molecule has 1 saturated carbocycles. The molecule has 6 heteroatoms. The summed E-state index contributed by atoms with van der Waals surface area (Å²) in [6.07, 6.45) is 9.87. The molecule has 0 aromatic rings. The van der Waals surface area contributed by atoms with E-state index in [1.807, 2.05) is 25.2 Å². The second kappa shape index (κ2) is 13.4. The summed E-state index contributed by atoms with van der Waals surface area (Å²) in [7, 11) is 0. The Balaban J connectivity index is 0.00000529. The number of rotatable bonds is 10. The normalized spacial score (nSPS) is 28.3. The van der Waals surface area contributed by atoms with Crippen LogP contribution in [0.2, 0.25) is 0 Å². The molecule has 0 saturated heterocycles. The van der Waals surface area contributed by atoms with E-state index < -0.39 is 24.3 Å². The van der Waals surface area contributed by atoms with E-state index in [0.29, 0.717) is 32.1 Å². The summed E-state index contributed by atoms with van der Waals surface area (Å²) in [5.74, 6) is -1.01. The van der Waals surface area contributed by atoms with Crippen LogP contribution in [-0.4, -0.2) is 44.7 Å². The third-order valence-corrected chi connectivity index (χ3v) is 4.39. The second-order valence-electron chi connectivity index (χ2n) is 6.35. The summed E-state index contributed by atoms with van der Waals surface area (Å²) in [4.78, 5) is 10.4. The number of allylic oxidation sites excluding steroid dienone is 2. The van der Waals surface area contributed by atoms with Gasteiger partial charge in [-0.15, -0.1) is 0 Å². The van der Waals surface area contributed by atoms with Gasteiger partial charge in [0.2, 0.25) is 0 Å². The van der Waals surface area contributed by atoms with Crippen LogP contribution >= 0.6 is 0 Å². The second-order valence-corrected chi connectivity index (χ2v) is 6.35. The molecule has 4 N–H and O–H groups in total. The van der Waals surface area contributed by atoms with E-state index >= 15 is 0 Å². The molecule has 1 aliphatic carbocycles. The number of aliphatic carboxylic acids is 1. The van der Waals surface area contributed by atoms with E-state index in [-0.39, 0.29) is 59.5 Å². The van der Waals surface area contributed by atoms with Crippen LogP contribution in [0.3, 0.4) is 0 Å². The van der Waals surface area contributed by atoms with Crippen LogP contribution in [0.15, 0.2) is 24.3 Å². The summed E-state index contributed by atoms with van der Waals surface area (Å²) in [6, 6.07) is 0. The van der Waals surface area contributed by atoms with E-state index in [2.05, 4.69) is 0 Å². The molecule has 24 heavy (non-hydrogen) atoms. The van der Waals surface area contributed by atoms with Gasteiger partial charge in [-0.2, -0.15) is 0 Å². The minimum absolute atomic E-state index is 0. The quantitative estimate of drug-likeness (QED) is 0.292. The minimum atomic E-state index is -0.788. The first-order valence-corrected chi connectivity index (χ1v) is 8.55. The summed E-state index contributed by atoms with van der Waals surface area (Å²) in [6.45, 7) is 2.00. The average molecular weight is 467 g/mol. The van der Waals surface area contributed by atoms with Crippen LogP contribution in [0.1, 0.15) is 51.9 Å². The van der Waals surface area contributed by atoms with Gasteiger partial charge in [-0.1, -0.05) is 37.6 Å². The van der Waals surface area contributed by atoms with Gasteiger partial charge >= 0.3 is 5.97 Å². The van der Waals surface area contributed by atoms with Gasteiger partial charge in [0.15, 0.2) is 0 Å². The topological polar surface area (TPSA) is 98.0 Å². The number of hydrogen-bond donors (Lipinski definition) is 4. The van der Waals surface area contributed by atoms with Crippen molar-refractivity contribution in [1.82, 2.24) is 0 Å². The van der Waals surface area contributed by atoms with Crippen LogP contribution in [0, 0.1) is 53.1 Å². The Morgan fingerprint density at radius 3 is 2.58 bits per heavy atom. The maximum absolute atomic E-state index is 10.4. The fourth-order valence-corrected chi connectivity index (χ4v) is 3.10. The summed E-state index contributed by atoms with van der Waals surface area (Å²) in [5.41, 5.74) is 0. The summed E-state index contributed by atoms with van der Waals surface area (Å²) >= 11 is 0. The Hall–Kier alpha value is 0.194. The first-order chi connectivity index (χ1) is 11.0. The molecule has 0 aromatic carbocycles. The van der Waals surface area contributed by atoms with Gasteiger partial charge < -0.3 is 20.4 Å². The Bertz CT molecular complexity index is 410. The van der Waals surface area contributed by atoms with Gasteiger partial charge in [-0.3, -0.25) is 4.79 Å². The molecule has 0 heterocycles. The van der Waals surface area contributed by atoms with Crippen molar-refractivity contribution in [2.45, 2.75) is 70.2 Å². The molecule has 1 rings (SSSR count). The van der Waals surface area contributed by atoms with Crippen LogP contribution in [-0.2, 0) is 4.79 Å². The van der Waals surface area contributed by atoms with E-state index in [4.69, 9.17) is 5.11 Å². The minimum Gasteiger partial charge on any atom is -0.481 e. The SMILES string of the molecule is CCC[C@H](O)/C=C/[C@@H]1[C@@H](C/C=C\CCCC(=O)O)[C@@H](O)C[C@H]1O.[Pr]. The zero-order valence-electron chi connectivity index (χ0n) is 14.4. The predicted molar refractivity (Wildman–Crippen MR) is 88.9 cm³/mol. The molecular weight excluding hydrogens is 437 g/mol. The standard InChI is InChI=1S/C18H30O5.Pr/c1-2-7-13(19)10-11-15-14(16(20)12-17(15)21)8-5-3-4-6-9-18(22)23;/h3,5,10-11,13-17,19-21H,2,4,6-9,12H2,1H3,(H,22,23);/b5-3-,11-10+;/t13-,14+,15+,16-,17+;/m0./s1. The third-order valence-electron chi connectivity index (χ3n) is 4.39. The van der Waals surface area contributed by atoms with E-state index in [1.54, 1.807) is 6.08 Å². The number of aliphatic hydroxyl groups excluding tert-OH is 3. The number of aliphatic hydroxyl groups is 3. The van der Waals surface area contributed by atoms with Crippen molar-refractivity contribution in [3.05, 3.63) is 24.3 Å². The van der Waals surface area contributed by atoms with Crippen molar-refractivity contribution < 1.29 is 66.5 Å². The van der Waals surface area contributed by atoms with E-state index in [1.165, 1.54) is 0 Å². The molecule has 135 valence electrons. The van der Waals surface area contributed by atoms with Crippen LogP contribution in [0.4, 0.5) is 0 Å². The van der Waals surface area contributed by atoms with Gasteiger partial charge in [0.25, 0.3) is 0 Å². The molecule has 5 nitrogen and oxygen atoms in total. The molecule has 0 amide bonds. The molecule has 0 unspecified atom stereocenters. The molecule has 5 atom stereocenters. The van der Waals surface area contributed by atoms with Gasteiger partial charge in [-0.25, -0.2) is 0 Å². The number of hydrogen-bond acceptors (Lipinski definition) is 4. The zero-order chi connectivity index (χ0) is 17.2. The van der Waals surface area contributed by atoms with Gasteiger partial charge in [-0.05, 0) is 31.6 Å². The fourth-order valence-electron chi connectivity index (χ4n) is 3.10. The fraction of sp³-hybridized carbons (Fsp3) is 0.722. The van der Waals surface area contributed by atoms with Crippen LogP contribution in [0.5, 0.6) is 0 Å². The Labute approximate surface area is 177 Å². The molecule has 1 fully saturated rings. The number of carboxylic acid groups (broad SMARTS) is 1.